The largest absolute Gasteiger partial charge is 0.462 e. The molecule has 1 N–H and O–H groups in total. The summed E-state index contributed by atoms with van der Waals surface area (Å²) in [5, 5.41) is 1.74. The monoisotopic (exact) mass is 610 g/mol. The zero-order valence-electron chi connectivity index (χ0n) is 25.3. The second-order valence-electron chi connectivity index (χ2n) is 12.5. The Bertz CT molecular complexity index is 1680. The number of H-pyrrole nitrogens is 1. The number of aromatic nitrogens is 2. The first-order chi connectivity index (χ1) is 21.5. The molecular weight excluding hydrogens is 572 g/mol. The summed E-state index contributed by atoms with van der Waals surface area (Å²) in [5.41, 5.74) is 7.26. The van der Waals surface area contributed by atoms with Gasteiger partial charge in [-0.3, -0.25) is 4.90 Å². The third-order valence-electron chi connectivity index (χ3n) is 9.76. The number of allylic oxidation sites excluding steroid dienone is 1. The number of esters is 1. The number of halogens is 1. The van der Waals surface area contributed by atoms with E-state index in [9.17, 15) is 4.79 Å². The van der Waals surface area contributed by atoms with Crippen molar-refractivity contribution in [2.24, 2.45) is 5.41 Å². The summed E-state index contributed by atoms with van der Waals surface area (Å²) in [7, 11) is 0. The van der Waals surface area contributed by atoms with Crippen LogP contribution >= 0.6 is 11.6 Å². The van der Waals surface area contributed by atoms with E-state index >= 15 is 0 Å². The van der Waals surface area contributed by atoms with Crippen molar-refractivity contribution in [3.8, 4) is 11.5 Å². The zero-order valence-corrected chi connectivity index (χ0v) is 26.0. The molecule has 0 atom stereocenters. The SMILES string of the molecule is CCOC(=O)c1ccc(N2CCN(CC3=C(c4ccc(Cl)cc4)CC4(CCC4)CC3)CC2)cc1Oc1cnc2[nH]ccc2c1. The number of anilines is 1. The average Bonchev–Trinajstić information content (AvgIpc) is 3.50. The number of hydrogen-bond acceptors (Lipinski definition) is 6. The van der Waals surface area contributed by atoms with E-state index in [1.165, 1.54) is 44.1 Å². The Morgan fingerprint density at radius 1 is 1.02 bits per heavy atom. The average molecular weight is 611 g/mol. The maximum Gasteiger partial charge on any atom is 0.341 e. The fourth-order valence-corrected chi connectivity index (χ4v) is 7.22. The summed E-state index contributed by atoms with van der Waals surface area (Å²) in [4.78, 5) is 25.3. The van der Waals surface area contributed by atoms with Crippen LogP contribution in [0.1, 0.15) is 61.4 Å². The van der Waals surface area contributed by atoms with Crippen molar-refractivity contribution in [3.05, 3.63) is 88.7 Å². The molecule has 2 fully saturated rings. The number of ether oxygens (including phenoxy) is 2. The highest BCUT2D eigenvalue weighted by Gasteiger charge is 2.40. The first kappa shape index (κ1) is 28.9. The lowest BCUT2D eigenvalue weighted by molar-refractivity contribution is 0.0523. The molecule has 2 aromatic carbocycles. The molecule has 7 rings (SSSR count). The van der Waals surface area contributed by atoms with Crippen molar-refractivity contribution in [3.63, 3.8) is 0 Å². The molecular formula is C36H39ClN4O3. The lowest BCUT2D eigenvalue weighted by Crippen LogP contribution is -2.47. The van der Waals surface area contributed by atoms with Crippen LogP contribution in [0.5, 0.6) is 11.5 Å². The molecule has 0 amide bonds. The van der Waals surface area contributed by atoms with Crippen LogP contribution in [-0.2, 0) is 4.74 Å². The van der Waals surface area contributed by atoms with E-state index in [4.69, 9.17) is 21.1 Å². The number of rotatable bonds is 8. The predicted octanol–water partition coefficient (Wildman–Crippen LogP) is 8.12. The van der Waals surface area contributed by atoms with E-state index < -0.39 is 5.97 Å². The minimum absolute atomic E-state index is 0.302. The van der Waals surface area contributed by atoms with Crippen LogP contribution in [0.4, 0.5) is 5.69 Å². The fourth-order valence-electron chi connectivity index (χ4n) is 7.10. The van der Waals surface area contributed by atoms with Gasteiger partial charge in [0.25, 0.3) is 0 Å². The van der Waals surface area contributed by atoms with Crippen molar-refractivity contribution in [2.45, 2.75) is 45.4 Å². The van der Waals surface area contributed by atoms with Crippen molar-refractivity contribution < 1.29 is 14.3 Å². The first-order valence-electron chi connectivity index (χ1n) is 15.8. The lowest BCUT2D eigenvalue weighted by Gasteiger charge is -2.47. The number of carbonyl (C=O) groups is 1. The van der Waals surface area contributed by atoms with Gasteiger partial charge in [-0.1, -0.05) is 35.7 Å². The molecule has 7 nitrogen and oxygen atoms in total. The number of nitrogens with one attached hydrogen (secondary N) is 1. The van der Waals surface area contributed by atoms with Gasteiger partial charge in [-0.15, -0.1) is 0 Å². The lowest BCUT2D eigenvalue weighted by atomic mass is 9.59. The van der Waals surface area contributed by atoms with Crippen molar-refractivity contribution in [2.75, 3.05) is 44.2 Å². The highest BCUT2D eigenvalue weighted by molar-refractivity contribution is 6.30. The topological polar surface area (TPSA) is 70.7 Å². The van der Waals surface area contributed by atoms with Crippen LogP contribution < -0.4 is 9.64 Å². The summed E-state index contributed by atoms with van der Waals surface area (Å²) >= 11 is 6.24. The Kier molecular flexibility index (Phi) is 8.08. The third-order valence-corrected chi connectivity index (χ3v) is 10.0. The Hall–Kier alpha value is -3.81. The quantitative estimate of drug-likeness (QED) is 0.203. The summed E-state index contributed by atoms with van der Waals surface area (Å²) in [6, 6.07) is 18.1. The maximum atomic E-state index is 12.8. The molecule has 3 aliphatic rings. The Labute approximate surface area is 263 Å². The van der Waals surface area contributed by atoms with Gasteiger partial charge in [0.15, 0.2) is 0 Å². The second kappa shape index (κ2) is 12.3. The smallest absolute Gasteiger partial charge is 0.341 e. The molecule has 4 aromatic rings. The van der Waals surface area contributed by atoms with E-state index in [0.29, 0.717) is 29.1 Å². The Morgan fingerprint density at radius 2 is 1.84 bits per heavy atom. The normalized spacial score (nSPS) is 18.5. The van der Waals surface area contributed by atoms with Crippen molar-refractivity contribution in [1.29, 1.82) is 0 Å². The number of benzene rings is 2. The van der Waals surface area contributed by atoms with E-state index in [2.05, 4.69) is 31.9 Å². The molecule has 0 unspecified atom stereocenters. The Morgan fingerprint density at radius 3 is 2.59 bits per heavy atom. The number of hydrogen-bond donors (Lipinski definition) is 1. The predicted molar refractivity (Wildman–Crippen MR) is 176 cm³/mol. The van der Waals surface area contributed by atoms with Gasteiger partial charge in [0, 0.05) is 61.1 Å². The molecule has 1 spiro atoms. The molecule has 1 saturated heterocycles. The molecule has 2 aliphatic carbocycles. The van der Waals surface area contributed by atoms with Gasteiger partial charge in [-0.2, -0.15) is 0 Å². The summed E-state index contributed by atoms with van der Waals surface area (Å²) < 4.78 is 11.6. The standard InChI is InChI=1S/C36H39ClN4O3/c1-2-43-35(42)31-9-8-29(21-33(31)44-30-20-26-11-15-38-34(26)39-23-30)41-18-16-40(17-19-41)24-27-10-14-36(12-3-13-36)22-32(27)25-4-6-28(37)7-5-25/h4-9,11,15,20-21,23H,2-3,10,12-14,16-19,22,24H2,1H3,(H,38,39). The van der Waals surface area contributed by atoms with Gasteiger partial charge in [0.2, 0.25) is 0 Å². The molecule has 228 valence electrons. The van der Waals surface area contributed by atoms with Crippen molar-refractivity contribution in [1.82, 2.24) is 14.9 Å². The number of carbonyl (C=O) groups excluding carboxylic acids is 1. The minimum atomic E-state index is -0.393. The van der Waals surface area contributed by atoms with Crippen LogP contribution in [0.25, 0.3) is 16.6 Å². The summed E-state index contributed by atoms with van der Waals surface area (Å²) in [5.74, 6) is 0.658. The minimum Gasteiger partial charge on any atom is -0.462 e. The van der Waals surface area contributed by atoms with E-state index in [1.807, 2.05) is 55.6 Å². The second-order valence-corrected chi connectivity index (χ2v) is 12.9. The number of aromatic amines is 1. The number of nitrogens with zero attached hydrogens (tertiary/aromatic N) is 3. The molecule has 0 bridgehead atoms. The maximum absolute atomic E-state index is 12.8. The molecule has 1 saturated carbocycles. The van der Waals surface area contributed by atoms with Crippen LogP contribution in [0.2, 0.25) is 5.02 Å². The molecule has 1 aliphatic heterocycles. The summed E-state index contributed by atoms with van der Waals surface area (Å²) in [6.45, 7) is 6.90. The van der Waals surface area contributed by atoms with Gasteiger partial charge in [0.05, 0.1) is 12.8 Å². The number of piperazine rings is 1. The van der Waals surface area contributed by atoms with Gasteiger partial charge < -0.3 is 19.4 Å². The van der Waals surface area contributed by atoms with E-state index in [-0.39, 0.29) is 0 Å². The van der Waals surface area contributed by atoms with Crippen molar-refractivity contribution >= 4 is 39.9 Å². The molecule has 44 heavy (non-hydrogen) atoms. The Balaban J connectivity index is 1.07. The van der Waals surface area contributed by atoms with Gasteiger partial charge >= 0.3 is 5.97 Å². The third kappa shape index (κ3) is 5.95. The van der Waals surface area contributed by atoms with Crippen LogP contribution in [-0.4, -0.2) is 60.2 Å². The molecule has 2 aromatic heterocycles. The van der Waals surface area contributed by atoms with Crippen LogP contribution in [0, 0.1) is 5.41 Å². The van der Waals surface area contributed by atoms with Gasteiger partial charge in [-0.05, 0) is 92.0 Å². The highest BCUT2D eigenvalue weighted by atomic mass is 35.5. The van der Waals surface area contributed by atoms with Gasteiger partial charge in [-0.25, -0.2) is 9.78 Å². The zero-order chi connectivity index (χ0) is 30.1. The molecule has 3 heterocycles. The number of pyridine rings is 1. The molecule has 0 radical (unpaired) electrons. The van der Waals surface area contributed by atoms with E-state index in [0.717, 1.165) is 54.5 Å². The highest BCUT2D eigenvalue weighted by Crippen LogP contribution is 2.55. The van der Waals surface area contributed by atoms with Gasteiger partial charge in [0.1, 0.15) is 22.7 Å². The van der Waals surface area contributed by atoms with E-state index in [1.54, 1.807) is 17.3 Å². The fraction of sp³-hybridized carbons (Fsp3) is 0.389. The number of fused-ring (bicyclic) bond motifs is 1. The van der Waals surface area contributed by atoms with Crippen LogP contribution in [0.15, 0.2) is 72.6 Å². The first-order valence-corrected chi connectivity index (χ1v) is 16.2. The summed E-state index contributed by atoms with van der Waals surface area (Å²) in [6.07, 6.45) is 11.3. The molecule has 8 heteroatoms. The van der Waals surface area contributed by atoms with Crippen LogP contribution in [0.3, 0.4) is 0 Å².